The molecule has 3 heterocycles. The quantitative estimate of drug-likeness (QED) is 0.582. The molecule has 1 unspecified atom stereocenters. The molecule has 0 radical (unpaired) electrons. The predicted molar refractivity (Wildman–Crippen MR) is 124 cm³/mol. The van der Waals surface area contributed by atoms with Crippen LogP contribution < -0.4 is 15.5 Å². The number of alkyl carbamates (subject to hydrolysis) is 1. The van der Waals surface area contributed by atoms with Crippen molar-refractivity contribution in [3.05, 3.63) is 16.9 Å². The van der Waals surface area contributed by atoms with E-state index in [9.17, 15) is 9.59 Å². The fraction of sp³-hybridized carbons (Fsp3) is 0.591. The lowest BCUT2D eigenvalue weighted by Gasteiger charge is -2.36. The Balaban J connectivity index is 1.58. The monoisotopic (exact) mass is 491 g/mol. The van der Waals surface area contributed by atoms with Crippen molar-refractivity contribution in [3.8, 4) is 0 Å². The van der Waals surface area contributed by atoms with E-state index in [-0.39, 0.29) is 17.4 Å². The van der Waals surface area contributed by atoms with E-state index in [1.165, 1.54) is 0 Å². The molecule has 2 aromatic heterocycles. The number of aromatic amines is 1. The number of amides is 2. The molecule has 1 aliphatic carbocycles. The molecule has 1 saturated carbocycles. The summed E-state index contributed by atoms with van der Waals surface area (Å²) in [5, 5.41) is 6.98. The number of carbonyl (C=O) groups excluding carboxylic acids is 2. The van der Waals surface area contributed by atoms with Gasteiger partial charge in [-0.2, -0.15) is 0 Å². The number of halogens is 1. The first-order valence-electron chi connectivity index (χ1n) is 10.8. The molecule has 1 aliphatic heterocycles. The number of carbonyl (C=O) groups is 2. The molecule has 1 atom stereocenters. The summed E-state index contributed by atoms with van der Waals surface area (Å²) in [7, 11) is 0. The largest absolute Gasteiger partial charge is 0.444 e. The molecule has 1 saturated heterocycles. The SMILES string of the molecule is CC(C)(C)OC(=O)NC1CCCN(c2c(Br)cnc3[nH]cc(NC(=O)C4(C)CC4)c23)C1. The van der Waals surface area contributed by atoms with Crippen molar-refractivity contribution in [2.75, 3.05) is 23.3 Å². The highest BCUT2D eigenvalue weighted by Gasteiger charge is 2.45. The maximum absolute atomic E-state index is 12.7. The van der Waals surface area contributed by atoms with E-state index in [1.807, 2.05) is 27.7 Å². The van der Waals surface area contributed by atoms with Crippen LogP contribution in [0.15, 0.2) is 16.9 Å². The molecule has 2 aliphatic rings. The minimum atomic E-state index is -0.533. The van der Waals surface area contributed by atoms with E-state index in [2.05, 4.69) is 41.4 Å². The second kappa shape index (κ2) is 8.00. The van der Waals surface area contributed by atoms with Crippen molar-refractivity contribution in [2.24, 2.45) is 5.41 Å². The Morgan fingerprint density at radius 1 is 1.35 bits per heavy atom. The van der Waals surface area contributed by atoms with Crippen LogP contribution in [-0.4, -0.2) is 46.7 Å². The molecular weight excluding hydrogens is 462 g/mol. The van der Waals surface area contributed by atoms with Gasteiger partial charge in [-0.3, -0.25) is 4.79 Å². The van der Waals surface area contributed by atoms with Crippen LogP contribution in [0.2, 0.25) is 0 Å². The number of H-pyrrole nitrogens is 1. The summed E-state index contributed by atoms with van der Waals surface area (Å²) < 4.78 is 6.28. The number of nitrogens with zero attached hydrogens (tertiary/aromatic N) is 2. The third kappa shape index (κ3) is 4.81. The summed E-state index contributed by atoms with van der Waals surface area (Å²) in [6.07, 6.45) is 6.83. The van der Waals surface area contributed by atoms with Crippen molar-refractivity contribution in [1.82, 2.24) is 15.3 Å². The number of hydrogen-bond donors (Lipinski definition) is 3. The zero-order valence-electron chi connectivity index (χ0n) is 18.5. The highest BCUT2D eigenvalue weighted by Crippen LogP contribution is 2.46. The van der Waals surface area contributed by atoms with E-state index < -0.39 is 11.7 Å². The van der Waals surface area contributed by atoms with Gasteiger partial charge >= 0.3 is 6.09 Å². The Labute approximate surface area is 190 Å². The summed E-state index contributed by atoms with van der Waals surface area (Å²) in [6, 6.07) is -0.0268. The number of hydrogen-bond acceptors (Lipinski definition) is 5. The maximum Gasteiger partial charge on any atom is 0.407 e. The van der Waals surface area contributed by atoms with Crippen molar-refractivity contribution in [1.29, 1.82) is 0 Å². The maximum atomic E-state index is 12.7. The van der Waals surface area contributed by atoms with Crippen molar-refractivity contribution in [2.45, 2.75) is 65.0 Å². The highest BCUT2D eigenvalue weighted by atomic mass is 79.9. The van der Waals surface area contributed by atoms with Crippen LogP contribution in [0.1, 0.15) is 53.4 Å². The van der Waals surface area contributed by atoms with Gasteiger partial charge in [-0.25, -0.2) is 9.78 Å². The molecule has 0 bridgehead atoms. The van der Waals surface area contributed by atoms with Crippen LogP contribution in [0, 0.1) is 5.41 Å². The first-order valence-corrected chi connectivity index (χ1v) is 11.6. The zero-order chi connectivity index (χ0) is 22.4. The smallest absolute Gasteiger partial charge is 0.407 e. The Kier molecular flexibility index (Phi) is 5.66. The molecule has 168 valence electrons. The van der Waals surface area contributed by atoms with Gasteiger partial charge in [0.25, 0.3) is 0 Å². The van der Waals surface area contributed by atoms with Crippen LogP contribution in [0.3, 0.4) is 0 Å². The van der Waals surface area contributed by atoms with Crippen molar-refractivity contribution in [3.63, 3.8) is 0 Å². The molecule has 4 rings (SSSR count). The number of ether oxygens (including phenoxy) is 1. The average molecular weight is 492 g/mol. The summed E-state index contributed by atoms with van der Waals surface area (Å²) >= 11 is 3.66. The van der Waals surface area contributed by atoms with Gasteiger partial charge in [0.15, 0.2) is 0 Å². The van der Waals surface area contributed by atoms with E-state index in [4.69, 9.17) is 4.74 Å². The van der Waals surface area contributed by atoms with Gasteiger partial charge in [0.2, 0.25) is 5.91 Å². The van der Waals surface area contributed by atoms with Gasteiger partial charge in [0.1, 0.15) is 11.2 Å². The Morgan fingerprint density at radius 2 is 2.10 bits per heavy atom. The first kappa shape index (κ1) is 21.9. The Morgan fingerprint density at radius 3 is 2.77 bits per heavy atom. The molecule has 3 N–H and O–H groups in total. The Hall–Kier alpha value is -2.29. The number of aromatic nitrogens is 2. The van der Waals surface area contributed by atoms with Crippen LogP contribution in [0.25, 0.3) is 11.0 Å². The van der Waals surface area contributed by atoms with Crippen LogP contribution in [0.4, 0.5) is 16.2 Å². The molecule has 8 nitrogen and oxygen atoms in total. The second-order valence-electron chi connectivity index (χ2n) is 9.83. The molecule has 2 aromatic rings. The molecule has 9 heteroatoms. The third-order valence-corrected chi connectivity index (χ3v) is 6.46. The molecular formula is C22H30BrN5O3. The van der Waals surface area contributed by atoms with E-state index in [1.54, 1.807) is 12.4 Å². The highest BCUT2D eigenvalue weighted by molar-refractivity contribution is 9.10. The van der Waals surface area contributed by atoms with Crippen LogP contribution in [-0.2, 0) is 9.53 Å². The number of anilines is 2. The normalized spacial score (nSPS) is 20.4. The van der Waals surface area contributed by atoms with Gasteiger partial charge in [-0.1, -0.05) is 6.92 Å². The average Bonchev–Trinajstić information content (AvgIpc) is 3.31. The van der Waals surface area contributed by atoms with Gasteiger partial charge in [0, 0.05) is 36.9 Å². The van der Waals surface area contributed by atoms with Gasteiger partial charge in [-0.05, 0) is 62.4 Å². The lowest BCUT2D eigenvalue weighted by atomic mass is 10.0. The zero-order valence-corrected chi connectivity index (χ0v) is 20.1. The number of rotatable bonds is 4. The summed E-state index contributed by atoms with van der Waals surface area (Å²) in [5.74, 6) is 0.0439. The lowest BCUT2D eigenvalue weighted by Crippen LogP contribution is -2.49. The first-order chi connectivity index (χ1) is 14.6. The van der Waals surface area contributed by atoms with E-state index in [0.717, 1.165) is 59.1 Å². The lowest BCUT2D eigenvalue weighted by molar-refractivity contribution is -0.120. The van der Waals surface area contributed by atoms with Gasteiger partial charge in [-0.15, -0.1) is 0 Å². The summed E-state index contributed by atoms with van der Waals surface area (Å²) in [6.45, 7) is 9.05. The minimum absolute atomic E-state index is 0.0268. The van der Waals surface area contributed by atoms with Crippen LogP contribution >= 0.6 is 15.9 Å². The fourth-order valence-corrected chi connectivity index (χ4v) is 4.47. The standard InChI is InChI=1S/C22H30BrN5O3/c1-21(2,3)31-20(30)26-13-6-5-9-28(12-13)17-14(23)10-24-18-16(17)15(11-25-18)27-19(29)22(4)7-8-22/h10-11,13H,5-9,12H2,1-4H3,(H,24,25)(H,26,30)(H,27,29). The molecule has 31 heavy (non-hydrogen) atoms. The minimum Gasteiger partial charge on any atom is -0.444 e. The van der Waals surface area contributed by atoms with Crippen molar-refractivity contribution < 1.29 is 14.3 Å². The molecule has 2 fully saturated rings. The number of piperidine rings is 1. The molecule has 0 aromatic carbocycles. The molecule has 2 amide bonds. The fourth-order valence-electron chi connectivity index (χ4n) is 3.92. The summed E-state index contributed by atoms with van der Waals surface area (Å²) in [4.78, 5) is 34.8. The van der Waals surface area contributed by atoms with Gasteiger partial charge < -0.3 is 25.3 Å². The Bertz CT molecular complexity index is 1010. The molecule has 0 spiro atoms. The number of fused-ring (bicyclic) bond motifs is 1. The van der Waals surface area contributed by atoms with E-state index >= 15 is 0 Å². The van der Waals surface area contributed by atoms with Crippen molar-refractivity contribution >= 4 is 50.3 Å². The topological polar surface area (TPSA) is 99.3 Å². The second-order valence-corrected chi connectivity index (χ2v) is 10.7. The third-order valence-electron chi connectivity index (χ3n) is 5.88. The van der Waals surface area contributed by atoms with Gasteiger partial charge in [0.05, 0.1) is 21.2 Å². The van der Waals surface area contributed by atoms with Crippen LogP contribution in [0.5, 0.6) is 0 Å². The number of pyridine rings is 1. The van der Waals surface area contributed by atoms with E-state index in [0.29, 0.717) is 6.54 Å². The number of nitrogens with one attached hydrogen (secondary N) is 3. The summed E-state index contributed by atoms with van der Waals surface area (Å²) in [5.41, 5.74) is 1.63. The predicted octanol–water partition coefficient (Wildman–Crippen LogP) is 4.56.